The molecular weight excluding hydrogens is 438 g/mol. The fraction of sp³-hybridized carbons (Fsp3) is 0.381. The zero-order chi connectivity index (χ0) is 22.8. The first-order chi connectivity index (χ1) is 14.8. The molecule has 0 aliphatic rings. The highest BCUT2D eigenvalue weighted by Crippen LogP contribution is 2.07. The van der Waals surface area contributed by atoms with Crippen molar-refractivity contribution in [2.24, 2.45) is 5.92 Å². The molecule has 174 valence electrons. The molecule has 0 spiro atoms. The molecule has 0 aliphatic carbocycles. The molecule has 0 saturated carbocycles. The molecule has 0 fully saturated rings. The molecule has 5 N–H and O–H groups in total. The number of H-pyrrole nitrogens is 1. The molecule has 3 amide bonds. The number of carbonyl (C=O) groups excluding carboxylic acids is 3. The summed E-state index contributed by atoms with van der Waals surface area (Å²) < 4.78 is 0. The van der Waals surface area contributed by atoms with Crippen molar-refractivity contribution in [3.05, 3.63) is 54.1 Å². The van der Waals surface area contributed by atoms with Gasteiger partial charge in [-0.1, -0.05) is 32.0 Å². The van der Waals surface area contributed by atoms with Gasteiger partial charge in [0.2, 0.25) is 11.8 Å². The van der Waals surface area contributed by atoms with E-state index in [4.69, 9.17) is 0 Å². The lowest BCUT2D eigenvalue weighted by Gasteiger charge is -2.22. The van der Waals surface area contributed by atoms with Crippen LogP contribution >= 0.6 is 12.4 Å². The predicted octanol–water partition coefficient (Wildman–Crippen LogP) is 0.904. The maximum absolute atomic E-state index is 12.8. The number of carboxylic acids is 1. The quantitative estimate of drug-likeness (QED) is 0.332. The average molecular weight is 466 g/mol. The molecule has 1 heterocycles. The van der Waals surface area contributed by atoms with Gasteiger partial charge in [-0.3, -0.25) is 14.4 Å². The maximum Gasteiger partial charge on any atom is 0.326 e. The highest BCUT2D eigenvalue weighted by Gasteiger charge is 2.27. The van der Waals surface area contributed by atoms with Crippen LogP contribution in [-0.4, -0.2) is 57.4 Å². The highest BCUT2D eigenvalue weighted by atomic mass is 35.5. The lowest BCUT2D eigenvalue weighted by atomic mass is 10.0. The van der Waals surface area contributed by atoms with Crippen molar-refractivity contribution in [3.63, 3.8) is 0 Å². The van der Waals surface area contributed by atoms with Gasteiger partial charge in [0.25, 0.3) is 5.91 Å². The summed E-state index contributed by atoms with van der Waals surface area (Å²) in [6.45, 7) is 3.36. The fourth-order valence-electron chi connectivity index (χ4n) is 2.89. The minimum Gasteiger partial charge on any atom is -0.480 e. The molecule has 2 atom stereocenters. The van der Waals surface area contributed by atoms with Crippen molar-refractivity contribution in [3.8, 4) is 0 Å². The summed E-state index contributed by atoms with van der Waals surface area (Å²) in [5.74, 6) is -2.74. The molecule has 11 heteroatoms. The van der Waals surface area contributed by atoms with Crippen LogP contribution in [0.5, 0.6) is 0 Å². The van der Waals surface area contributed by atoms with Crippen LogP contribution in [0, 0.1) is 5.92 Å². The lowest BCUT2D eigenvalue weighted by Crippen LogP contribution is -2.54. The number of aromatic amines is 1. The maximum atomic E-state index is 12.8. The monoisotopic (exact) mass is 465 g/mol. The largest absolute Gasteiger partial charge is 0.480 e. The lowest BCUT2D eigenvalue weighted by molar-refractivity contribution is -0.142. The second-order valence-corrected chi connectivity index (χ2v) is 7.48. The molecule has 10 nitrogen and oxygen atoms in total. The first-order valence-corrected chi connectivity index (χ1v) is 9.89. The van der Waals surface area contributed by atoms with Gasteiger partial charge in [-0.25, -0.2) is 9.78 Å². The van der Waals surface area contributed by atoms with Gasteiger partial charge in [0.15, 0.2) is 0 Å². The van der Waals surface area contributed by atoms with Crippen LogP contribution in [0.4, 0.5) is 0 Å². The first kappa shape index (κ1) is 26.6. The van der Waals surface area contributed by atoms with E-state index in [1.54, 1.807) is 30.3 Å². The van der Waals surface area contributed by atoms with Crippen molar-refractivity contribution in [1.82, 2.24) is 25.9 Å². The van der Waals surface area contributed by atoms with E-state index < -0.39 is 35.8 Å². The number of nitrogens with zero attached hydrogens (tertiary/aromatic N) is 1. The molecule has 2 aromatic rings. The van der Waals surface area contributed by atoms with Crippen LogP contribution in [-0.2, 0) is 20.8 Å². The van der Waals surface area contributed by atoms with Gasteiger partial charge in [0.1, 0.15) is 12.1 Å². The third-order valence-electron chi connectivity index (χ3n) is 4.40. The van der Waals surface area contributed by atoms with Gasteiger partial charge in [-0.2, -0.15) is 0 Å². The second-order valence-electron chi connectivity index (χ2n) is 7.48. The number of aliphatic carboxylic acids is 1. The Hall–Kier alpha value is -3.40. The number of imidazole rings is 1. The first-order valence-electron chi connectivity index (χ1n) is 9.89. The van der Waals surface area contributed by atoms with Gasteiger partial charge < -0.3 is 26.0 Å². The Morgan fingerprint density at radius 1 is 1.06 bits per heavy atom. The standard InChI is InChI=1S/C21H27N5O5.ClH/c1-13(2)8-17(21(30)31)26-20(29)16(9-15-10-22-12-24-15)25-18(27)11-23-19(28)14-6-4-3-5-7-14;/h3-7,10,12-13,16-17H,8-9,11H2,1-2H3,(H,22,24)(H,23,28)(H,25,27)(H,26,29)(H,30,31);1H/t16-,17-;/m0./s1. The summed E-state index contributed by atoms with van der Waals surface area (Å²) in [6.07, 6.45) is 3.27. The number of benzene rings is 1. The van der Waals surface area contributed by atoms with Crippen LogP contribution in [0.15, 0.2) is 42.9 Å². The number of nitrogens with one attached hydrogen (secondary N) is 4. The minimum atomic E-state index is -1.15. The summed E-state index contributed by atoms with van der Waals surface area (Å²) in [7, 11) is 0. The van der Waals surface area contributed by atoms with Crippen LogP contribution in [0.3, 0.4) is 0 Å². The summed E-state index contributed by atoms with van der Waals surface area (Å²) in [5.41, 5.74) is 0.990. The summed E-state index contributed by atoms with van der Waals surface area (Å²) in [4.78, 5) is 55.4. The highest BCUT2D eigenvalue weighted by molar-refractivity contribution is 5.97. The number of hydrogen-bond acceptors (Lipinski definition) is 5. The Morgan fingerprint density at radius 3 is 2.31 bits per heavy atom. The molecule has 2 rings (SSSR count). The zero-order valence-corrected chi connectivity index (χ0v) is 18.6. The Balaban J connectivity index is 0.00000512. The second kappa shape index (κ2) is 13.1. The van der Waals surface area contributed by atoms with Crippen molar-refractivity contribution in [2.75, 3.05) is 6.54 Å². The van der Waals surface area contributed by atoms with E-state index in [1.807, 2.05) is 13.8 Å². The number of rotatable bonds is 11. The Bertz CT molecular complexity index is 889. The van der Waals surface area contributed by atoms with Gasteiger partial charge >= 0.3 is 5.97 Å². The zero-order valence-electron chi connectivity index (χ0n) is 17.8. The van der Waals surface area contributed by atoms with E-state index >= 15 is 0 Å². The number of hydrogen-bond donors (Lipinski definition) is 5. The molecule has 0 saturated heterocycles. The third-order valence-corrected chi connectivity index (χ3v) is 4.40. The van der Waals surface area contributed by atoms with E-state index in [0.29, 0.717) is 11.3 Å². The molecule has 32 heavy (non-hydrogen) atoms. The number of carbonyl (C=O) groups is 4. The van der Waals surface area contributed by atoms with E-state index in [-0.39, 0.29) is 37.7 Å². The van der Waals surface area contributed by atoms with Gasteiger partial charge in [-0.05, 0) is 24.5 Å². The normalized spacial score (nSPS) is 12.2. The minimum absolute atomic E-state index is 0. The number of amides is 3. The predicted molar refractivity (Wildman–Crippen MR) is 119 cm³/mol. The van der Waals surface area contributed by atoms with Crippen molar-refractivity contribution in [1.29, 1.82) is 0 Å². The van der Waals surface area contributed by atoms with E-state index in [1.165, 1.54) is 12.5 Å². The fourth-order valence-corrected chi connectivity index (χ4v) is 2.89. The Labute approximate surface area is 192 Å². The Morgan fingerprint density at radius 2 is 1.75 bits per heavy atom. The van der Waals surface area contributed by atoms with Gasteiger partial charge in [0.05, 0.1) is 12.9 Å². The van der Waals surface area contributed by atoms with E-state index in [9.17, 15) is 24.3 Å². The molecule has 0 unspecified atom stereocenters. The summed E-state index contributed by atoms with van der Waals surface area (Å²) in [5, 5.41) is 16.9. The van der Waals surface area contributed by atoms with Crippen molar-refractivity contribution in [2.45, 2.75) is 38.8 Å². The number of carboxylic acid groups (broad SMARTS) is 1. The van der Waals surface area contributed by atoms with Gasteiger partial charge in [0, 0.05) is 23.9 Å². The van der Waals surface area contributed by atoms with Crippen molar-refractivity contribution < 1.29 is 24.3 Å². The van der Waals surface area contributed by atoms with Gasteiger partial charge in [-0.15, -0.1) is 12.4 Å². The van der Waals surface area contributed by atoms with Crippen molar-refractivity contribution >= 4 is 36.1 Å². The van der Waals surface area contributed by atoms with E-state index in [2.05, 4.69) is 25.9 Å². The summed E-state index contributed by atoms with van der Waals surface area (Å²) in [6, 6.07) is 6.28. The van der Waals surface area contributed by atoms with Crippen LogP contribution in [0.25, 0.3) is 0 Å². The van der Waals surface area contributed by atoms with Crippen LogP contribution in [0.1, 0.15) is 36.3 Å². The van der Waals surface area contributed by atoms with E-state index in [0.717, 1.165) is 0 Å². The Kier molecular flexibility index (Phi) is 10.9. The smallest absolute Gasteiger partial charge is 0.326 e. The third kappa shape index (κ3) is 8.76. The average Bonchev–Trinajstić information content (AvgIpc) is 3.24. The molecule has 1 aromatic carbocycles. The molecule has 0 radical (unpaired) electrons. The molecule has 0 bridgehead atoms. The topological polar surface area (TPSA) is 153 Å². The summed E-state index contributed by atoms with van der Waals surface area (Å²) >= 11 is 0. The number of aromatic nitrogens is 2. The number of halogens is 1. The molecular formula is C21H28ClN5O5. The molecule has 1 aromatic heterocycles. The molecule has 0 aliphatic heterocycles. The van der Waals surface area contributed by atoms with Crippen LogP contribution in [0.2, 0.25) is 0 Å². The SMILES string of the molecule is CC(C)C[C@H](NC(=O)[C@H](Cc1cnc[nH]1)NC(=O)CNC(=O)c1ccccc1)C(=O)O.Cl. The van der Waals surface area contributed by atoms with Crippen LogP contribution < -0.4 is 16.0 Å².